The van der Waals surface area contributed by atoms with Crippen LogP contribution in [0.3, 0.4) is 0 Å². The zero-order valence-electron chi connectivity index (χ0n) is 26.6. The molecule has 8 heteroatoms. The summed E-state index contributed by atoms with van der Waals surface area (Å²) in [5.74, 6) is -2.26. The highest BCUT2D eigenvalue weighted by molar-refractivity contribution is 6.07. The molecule has 4 aromatic rings. The number of ether oxygens (including phenoxy) is 2. The average Bonchev–Trinajstić information content (AvgIpc) is 3.36. The smallest absolute Gasteiger partial charge is 0.343 e. The fraction of sp³-hybridized carbons (Fsp3) is 0.275. The third-order valence-corrected chi connectivity index (χ3v) is 9.84. The number of unbranched alkanes of at least 4 members (excludes halogenated alkanes) is 2. The molecule has 4 aromatic carbocycles. The number of imide groups is 1. The molecule has 1 fully saturated rings. The van der Waals surface area contributed by atoms with Gasteiger partial charge in [0.25, 0.3) is 0 Å². The van der Waals surface area contributed by atoms with Crippen LogP contribution in [0.15, 0.2) is 97.1 Å². The summed E-state index contributed by atoms with van der Waals surface area (Å²) < 4.78 is 10.6. The maximum atomic E-state index is 13.7. The number of benzene rings is 4. The molecule has 0 N–H and O–H groups in total. The van der Waals surface area contributed by atoms with Crippen molar-refractivity contribution in [3.8, 4) is 5.75 Å². The minimum atomic E-state index is -0.497. The maximum absolute atomic E-state index is 13.7. The van der Waals surface area contributed by atoms with Gasteiger partial charge in [0.1, 0.15) is 5.75 Å². The monoisotopic (exact) mass is 641 g/mol. The summed E-state index contributed by atoms with van der Waals surface area (Å²) in [6, 6.07) is 29.5. The Hall–Kier alpha value is -5.37. The van der Waals surface area contributed by atoms with E-state index in [1.807, 2.05) is 43.3 Å². The number of aryl methyl sites for hydroxylation is 1. The van der Waals surface area contributed by atoms with Crippen molar-refractivity contribution >= 4 is 29.5 Å². The van der Waals surface area contributed by atoms with Gasteiger partial charge in [0.15, 0.2) is 12.4 Å². The molecule has 8 nitrogen and oxygen atoms in total. The van der Waals surface area contributed by atoms with Gasteiger partial charge in [-0.1, -0.05) is 72.6 Å². The summed E-state index contributed by atoms with van der Waals surface area (Å²) in [5.41, 5.74) is 6.40. The number of ketones is 1. The van der Waals surface area contributed by atoms with Crippen LogP contribution in [-0.2, 0) is 19.1 Å². The van der Waals surface area contributed by atoms with E-state index in [0.717, 1.165) is 27.8 Å². The highest BCUT2D eigenvalue weighted by Crippen LogP contribution is 2.60. The Morgan fingerprint density at radius 1 is 0.646 bits per heavy atom. The third-order valence-electron chi connectivity index (χ3n) is 9.84. The minimum absolute atomic E-state index is 0.0978. The Morgan fingerprint density at radius 3 is 1.71 bits per heavy atom. The van der Waals surface area contributed by atoms with E-state index < -0.39 is 18.5 Å². The van der Waals surface area contributed by atoms with E-state index in [1.54, 1.807) is 12.1 Å². The van der Waals surface area contributed by atoms with Crippen molar-refractivity contribution in [2.75, 3.05) is 13.2 Å². The van der Waals surface area contributed by atoms with Gasteiger partial charge in [-0.2, -0.15) is 0 Å². The second-order valence-electron chi connectivity index (χ2n) is 12.8. The van der Waals surface area contributed by atoms with Crippen molar-refractivity contribution in [3.63, 3.8) is 0 Å². The van der Waals surface area contributed by atoms with E-state index in [1.165, 1.54) is 29.2 Å². The van der Waals surface area contributed by atoms with Crippen LogP contribution in [0.5, 0.6) is 5.75 Å². The van der Waals surface area contributed by atoms with Gasteiger partial charge in [0.2, 0.25) is 11.8 Å². The molecule has 4 aliphatic rings. The Kier molecular flexibility index (Phi) is 8.48. The van der Waals surface area contributed by atoms with Crippen LogP contribution in [0.4, 0.5) is 0 Å². The van der Waals surface area contributed by atoms with Gasteiger partial charge >= 0.3 is 11.9 Å². The van der Waals surface area contributed by atoms with Gasteiger partial charge in [-0.25, -0.2) is 4.79 Å². The second-order valence-corrected chi connectivity index (χ2v) is 12.8. The number of Topliss-reactive ketones (excluding diaryl/α,β-unsaturated/α-hetero) is 1. The van der Waals surface area contributed by atoms with E-state index in [-0.39, 0.29) is 47.7 Å². The average molecular weight is 642 g/mol. The molecule has 8 rings (SSSR count). The molecule has 2 atom stereocenters. The van der Waals surface area contributed by atoms with Crippen LogP contribution >= 0.6 is 0 Å². The zero-order valence-corrected chi connectivity index (χ0v) is 26.6. The Balaban J connectivity index is 0.859. The number of carbonyl (C=O) groups is 5. The lowest BCUT2D eigenvalue weighted by Crippen LogP contribution is -2.41. The Labute approximate surface area is 278 Å². The number of carbonyl (C=O) groups excluding carboxylic acids is 5. The topological polar surface area (TPSA) is 107 Å². The first kappa shape index (κ1) is 31.2. The largest absolute Gasteiger partial charge is 0.457 e. The van der Waals surface area contributed by atoms with E-state index in [9.17, 15) is 24.0 Å². The predicted molar refractivity (Wildman–Crippen MR) is 177 cm³/mol. The molecule has 2 unspecified atom stereocenters. The molecule has 0 radical (unpaired) electrons. The van der Waals surface area contributed by atoms with Crippen LogP contribution in [0, 0.1) is 18.8 Å². The fourth-order valence-corrected chi connectivity index (χ4v) is 7.54. The molecular weight excluding hydrogens is 606 g/mol. The first-order chi connectivity index (χ1) is 23.3. The molecule has 0 saturated carbocycles. The summed E-state index contributed by atoms with van der Waals surface area (Å²) in [6.45, 7) is 1.85. The van der Waals surface area contributed by atoms with Crippen molar-refractivity contribution in [1.82, 2.24) is 4.90 Å². The highest BCUT2D eigenvalue weighted by Gasteiger charge is 2.61. The van der Waals surface area contributed by atoms with Crippen molar-refractivity contribution in [3.05, 3.63) is 136 Å². The molecule has 1 saturated heterocycles. The van der Waals surface area contributed by atoms with E-state index in [4.69, 9.17) is 9.47 Å². The summed E-state index contributed by atoms with van der Waals surface area (Å²) >= 11 is 0. The van der Waals surface area contributed by atoms with Crippen LogP contribution in [0.2, 0.25) is 0 Å². The number of esters is 2. The summed E-state index contributed by atoms with van der Waals surface area (Å²) in [7, 11) is 0. The standard InChI is InChI=1S/C40H35NO7/c1-24-14-16-26(17-15-24)40(46)48-27-20-18-25(19-21-27)32(42)23-47-33(43)13-3-2-8-22-41-38(44)36-34-28-9-4-5-10-29(28)35(37(36)39(41)45)31-12-7-6-11-30(31)34/h4-7,9-12,14-21,34-37H,2-3,8,13,22-23H2,1H3. The number of amides is 2. The number of hydrogen-bond donors (Lipinski definition) is 0. The minimum Gasteiger partial charge on any atom is -0.457 e. The number of likely N-dealkylation sites (tertiary alicyclic amines) is 1. The quantitative estimate of drug-likeness (QED) is 0.0614. The Morgan fingerprint density at radius 2 is 1.17 bits per heavy atom. The van der Waals surface area contributed by atoms with Gasteiger partial charge in [-0.15, -0.1) is 0 Å². The van der Waals surface area contributed by atoms with Crippen molar-refractivity contribution in [2.24, 2.45) is 11.8 Å². The molecule has 1 aliphatic heterocycles. The lowest BCUT2D eigenvalue weighted by Gasteiger charge is -2.45. The molecular formula is C40H35NO7. The van der Waals surface area contributed by atoms with Crippen LogP contribution in [0.25, 0.3) is 0 Å². The Bertz CT molecular complexity index is 1800. The lowest BCUT2D eigenvalue weighted by molar-refractivity contribution is -0.143. The van der Waals surface area contributed by atoms with Gasteiger partial charge in [0, 0.05) is 30.4 Å². The summed E-state index contributed by atoms with van der Waals surface area (Å²) in [4.78, 5) is 66.1. The molecule has 2 bridgehead atoms. The highest BCUT2D eigenvalue weighted by atomic mass is 16.5. The molecule has 242 valence electrons. The molecule has 1 heterocycles. The van der Waals surface area contributed by atoms with E-state index in [0.29, 0.717) is 42.7 Å². The first-order valence-corrected chi connectivity index (χ1v) is 16.4. The van der Waals surface area contributed by atoms with Crippen LogP contribution in [0.1, 0.15) is 86.1 Å². The summed E-state index contributed by atoms with van der Waals surface area (Å²) in [5, 5.41) is 0. The molecule has 0 spiro atoms. The first-order valence-electron chi connectivity index (χ1n) is 16.4. The number of rotatable bonds is 11. The predicted octanol–water partition coefficient (Wildman–Crippen LogP) is 6.39. The van der Waals surface area contributed by atoms with Crippen LogP contribution < -0.4 is 4.74 Å². The third kappa shape index (κ3) is 5.72. The second kappa shape index (κ2) is 13.0. The van der Waals surface area contributed by atoms with Gasteiger partial charge in [-0.3, -0.25) is 24.1 Å². The fourth-order valence-electron chi connectivity index (χ4n) is 7.54. The van der Waals surface area contributed by atoms with Crippen molar-refractivity contribution in [2.45, 2.75) is 44.4 Å². The van der Waals surface area contributed by atoms with Crippen LogP contribution in [-0.4, -0.2) is 47.6 Å². The number of nitrogens with zero attached hydrogens (tertiary/aromatic N) is 1. The zero-order chi connectivity index (χ0) is 33.4. The van der Waals surface area contributed by atoms with Gasteiger partial charge in [0.05, 0.1) is 17.4 Å². The van der Waals surface area contributed by atoms with Gasteiger partial charge in [-0.05, 0) is 78.4 Å². The molecule has 3 aliphatic carbocycles. The maximum Gasteiger partial charge on any atom is 0.343 e. The van der Waals surface area contributed by atoms with Gasteiger partial charge < -0.3 is 9.47 Å². The van der Waals surface area contributed by atoms with Crippen molar-refractivity contribution < 1.29 is 33.4 Å². The summed E-state index contributed by atoms with van der Waals surface area (Å²) in [6.07, 6.45) is 1.85. The number of hydrogen-bond acceptors (Lipinski definition) is 7. The molecule has 0 aromatic heterocycles. The molecule has 2 amide bonds. The van der Waals surface area contributed by atoms with E-state index in [2.05, 4.69) is 24.3 Å². The SMILES string of the molecule is Cc1ccc(C(=O)Oc2ccc(C(=O)COC(=O)CCCCCN3C(=O)C4C5c6ccccc6C(c6ccccc65)C4C3=O)cc2)cc1. The lowest BCUT2D eigenvalue weighted by atomic mass is 9.55. The van der Waals surface area contributed by atoms with E-state index >= 15 is 0 Å². The molecule has 48 heavy (non-hydrogen) atoms. The van der Waals surface area contributed by atoms with Crippen molar-refractivity contribution in [1.29, 1.82) is 0 Å². The normalized spacial score (nSPS) is 20.1.